The molecule has 2 heterocycles. The van der Waals surface area contributed by atoms with Gasteiger partial charge in [0.15, 0.2) is 0 Å². The topological polar surface area (TPSA) is 35.6 Å². The predicted molar refractivity (Wildman–Crippen MR) is 58.9 cm³/mol. The zero-order valence-corrected chi connectivity index (χ0v) is 9.57. The normalized spacial score (nSPS) is 10.9. The maximum atomic E-state index is 5.92. The van der Waals surface area contributed by atoms with E-state index >= 15 is 0 Å². The van der Waals surface area contributed by atoms with Gasteiger partial charge in [-0.15, -0.1) is 0 Å². The largest absolute Gasteiger partial charge is 0.327 e. The Morgan fingerprint density at radius 1 is 1.33 bits per heavy atom. The number of rotatable bonds is 3. The molecule has 2 aromatic rings. The minimum atomic E-state index is 0.656. The molecule has 2 rings (SSSR count). The molecule has 80 valence electrons. The minimum Gasteiger partial charge on any atom is -0.327 e. The highest BCUT2D eigenvalue weighted by atomic mass is 35.5. The second kappa shape index (κ2) is 4.06. The summed E-state index contributed by atoms with van der Waals surface area (Å²) in [6.07, 6.45) is 6.36. The van der Waals surface area contributed by atoms with Gasteiger partial charge in [-0.05, 0) is 0 Å². The van der Waals surface area contributed by atoms with E-state index in [9.17, 15) is 0 Å². The van der Waals surface area contributed by atoms with Crippen LogP contribution in [0.3, 0.4) is 0 Å². The molecule has 0 saturated carbocycles. The maximum Gasteiger partial charge on any atom is 0.129 e. The zero-order chi connectivity index (χ0) is 10.8. The molecule has 0 saturated heterocycles. The SMILES string of the molecule is CCc1nccn1Cc1ncc(Cl)n1C. The van der Waals surface area contributed by atoms with Crippen molar-refractivity contribution in [1.29, 1.82) is 0 Å². The van der Waals surface area contributed by atoms with E-state index in [0.29, 0.717) is 11.7 Å². The summed E-state index contributed by atoms with van der Waals surface area (Å²) in [4.78, 5) is 8.51. The summed E-state index contributed by atoms with van der Waals surface area (Å²) < 4.78 is 3.96. The van der Waals surface area contributed by atoms with E-state index in [0.717, 1.165) is 18.1 Å². The van der Waals surface area contributed by atoms with Crippen LogP contribution in [-0.4, -0.2) is 19.1 Å². The van der Waals surface area contributed by atoms with E-state index in [2.05, 4.69) is 21.5 Å². The minimum absolute atomic E-state index is 0.656. The first-order valence-electron chi connectivity index (χ1n) is 4.88. The van der Waals surface area contributed by atoms with Gasteiger partial charge in [-0.3, -0.25) is 0 Å². The highest BCUT2D eigenvalue weighted by Crippen LogP contribution is 2.11. The second-order valence-electron chi connectivity index (χ2n) is 3.38. The van der Waals surface area contributed by atoms with Crippen LogP contribution in [0.4, 0.5) is 0 Å². The lowest BCUT2D eigenvalue weighted by Gasteiger charge is -2.06. The van der Waals surface area contributed by atoms with Crippen LogP contribution in [0.5, 0.6) is 0 Å². The van der Waals surface area contributed by atoms with E-state index in [-0.39, 0.29) is 0 Å². The molecule has 0 radical (unpaired) electrons. The molecule has 0 aliphatic rings. The molecule has 0 atom stereocenters. The Morgan fingerprint density at radius 2 is 2.13 bits per heavy atom. The van der Waals surface area contributed by atoms with Gasteiger partial charge in [0.1, 0.15) is 16.8 Å². The fourth-order valence-electron chi connectivity index (χ4n) is 1.52. The fraction of sp³-hybridized carbons (Fsp3) is 0.400. The number of hydrogen-bond donors (Lipinski definition) is 0. The smallest absolute Gasteiger partial charge is 0.129 e. The van der Waals surface area contributed by atoms with Gasteiger partial charge in [-0.25, -0.2) is 9.97 Å². The first-order chi connectivity index (χ1) is 7.22. The zero-order valence-electron chi connectivity index (χ0n) is 8.81. The van der Waals surface area contributed by atoms with E-state index < -0.39 is 0 Å². The van der Waals surface area contributed by atoms with Gasteiger partial charge >= 0.3 is 0 Å². The number of aryl methyl sites for hydroxylation is 1. The summed E-state index contributed by atoms with van der Waals surface area (Å²) in [5.74, 6) is 2.00. The Kier molecular flexibility index (Phi) is 2.77. The van der Waals surface area contributed by atoms with Crippen molar-refractivity contribution in [3.63, 3.8) is 0 Å². The molecule has 5 heteroatoms. The van der Waals surface area contributed by atoms with Gasteiger partial charge < -0.3 is 9.13 Å². The molecule has 0 N–H and O–H groups in total. The maximum absolute atomic E-state index is 5.92. The first kappa shape index (κ1) is 10.2. The van der Waals surface area contributed by atoms with E-state index in [4.69, 9.17) is 11.6 Å². The Morgan fingerprint density at radius 3 is 2.73 bits per heavy atom. The van der Waals surface area contributed by atoms with Crippen molar-refractivity contribution in [2.24, 2.45) is 7.05 Å². The Hall–Kier alpha value is -1.29. The summed E-state index contributed by atoms with van der Waals surface area (Å²) in [6.45, 7) is 2.80. The van der Waals surface area contributed by atoms with Gasteiger partial charge in [0.05, 0.1) is 12.7 Å². The highest BCUT2D eigenvalue weighted by molar-refractivity contribution is 6.29. The number of nitrogens with zero attached hydrogens (tertiary/aromatic N) is 4. The number of aromatic nitrogens is 4. The molecule has 15 heavy (non-hydrogen) atoms. The van der Waals surface area contributed by atoms with Crippen LogP contribution in [-0.2, 0) is 20.0 Å². The molecule has 4 nitrogen and oxygen atoms in total. The first-order valence-corrected chi connectivity index (χ1v) is 5.26. The van der Waals surface area contributed by atoms with Gasteiger partial charge in [0, 0.05) is 25.9 Å². The molecular formula is C10H13ClN4. The van der Waals surface area contributed by atoms with E-state index in [1.165, 1.54) is 0 Å². The van der Waals surface area contributed by atoms with Crippen molar-refractivity contribution < 1.29 is 0 Å². The lowest BCUT2D eigenvalue weighted by Crippen LogP contribution is -2.08. The molecule has 2 aromatic heterocycles. The van der Waals surface area contributed by atoms with Crippen molar-refractivity contribution in [2.75, 3.05) is 0 Å². The standard InChI is InChI=1S/C10H13ClN4/c1-3-9-12-4-5-15(9)7-10-13-6-8(11)14(10)2/h4-6H,3,7H2,1-2H3. The fourth-order valence-corrected chi connectivity index (χ4v) is 1.67. The van der Waals surface area contributed by atoms with E-state index in [1.807, 2.05) is 24.0 Å². The Balaban J connectivity index is 2.25. The summed E-state index contributed by atoms with van der Waals surface area (Å²) in [5.41, 5.74) is 0. The van der Waals surface area contributed by atoms with Gasteiger partial charge in [-0.1, -0.05) is 18.5 Å². The molecule has 0 aromatic carbocycles. The molecule has 0 fully saturated rings. The summed E-state index contributed by atoms with van der Waals surface area (Å²) in [6, 6.07) is 0. The molecule has 0 aliphatic carbocycles. The van der Waals surface area contributed by atoms with Crippen LogP contribution in [0.2, 0.25) is 5.15 Å². The molecule has 0 amide bonds. The van der Waals surface area contributed by atoms with Crippen molar-refractivity contribution in [2.45, 2.75) is 19.9 Å². The van der Waals surface area contributed by atoms with Gasteiger partial charge in [-0.2, -0.15) is 0 Å². The predicted octanol–water partition coefficient (Wildman–Crippen LogP) is 1.88. The average Bonchev–Trinajstić information content (AvgIpc) is 2.80. The third kappa shape index (κ3) is 1.90. The van der Waals surface area contributed by atoms with E-state index in [1.54, 1.807) is 6.20 Å². The Labute approximate surface area is 93.5 Å². The van der Waals surface area contributed by atoms with Crippen LogP contribution < -0.4 is 0 Å². The number of hydrogen-bond acceptors (Lipinski definition) is 2. The van der Waals surface area contributed by atoms with Crippen LogP contribution in [0.25, 0.3) is 0 Å². The molecule has 0 spiro atoms. The molecule has 0 bridgehead atoms. The third-order valence-corrected chi connectivity index (χ3v) is 2.81. The van der Waals surface area contributed by atoms with Crippen LogP contribution in [0.1, 0.15) is 18.6 Å². The number of halogens is 1. The van der Waals surface area contributed by atoms with Gasteiger partial charge in [0.25, 0.3) is 0 Å². The molecular weight excluding hydrogens is 212 g/mol. The van der Waals surface area contributed by atoms with Crippen molar-refractivity contribution >= 4 is 11.6 Å². The Bertz CT molecular complexity index is 458. The molecule has 0 unspecified atom stereocenters. The number of imidazole rings is 2. The van der Waals surface area contributed by atoms with Crippen LogP contribution in [0.15, 0.2) is 18.6 Å². The monoisotopic (exact) mass is 224 g/mol. The van der Waals surface area contributed by atoms with Crippen LogP contribution in [0, 0.1) is 0 Å². The second-order valence-corrected chi connectivity index (χ2v) is 3.77. The molecule has 0 aliphatic heterocycles. The summed E-state index contributed by atoms with van der Waals surface area (Å²) in [5, 5.41) is 0.656. The summed E-state index contributed by atoms with van der Waals surface area (Å²) in [7, 11) is 1.91. The third-order valence-electron chi connectivity index (χ3n) is 2.46. The lowest BCUT2D eigenvalue weighted by molar-refractivity contribution is 0.667. The van der Waals surface area contributed by atoms with Crippen molar-refractivity contribution in [3.05, 3.63) is 35.4 Å². The highest BCUT2D eigenvalue weighted by Gasteiger charge is 2.07. The average molecular weight is 225 g/mol. The summed E-state index contributed by atoms with van der Waals surface area (Å²) >= 11 is 5.92. The lowest BCUT2D eigenvalue weighted by atomic mass is 10.4. The van der Waals surface area contributed by atoms with Gasteiger partial charge in [0.2, 0.25) is 0 Å². The van der Waals surface area contributed by atoms with Crippen molar-refractivity contribution in [1.82, 2.24) is 19.1 Å². The quantitative estimate of drug-likeness (QED) is 0.798. The van der Waals surface area contributed by atoms with Crippen LogP contribution >= 0.6 is 11.6 Å². The van der Waals surface area contributed by atoms with Crippen molar-refractivity contribution in [3.8, 4) is 0 Å².